The van der Waals surface area contributed by atoms with Gasteiger partial charge in [-0.15, -0.1) is 0 Å². The number of carbonyl (C=O) groups excluding carboxylic acids is 5. The molecule has 0 aliphatic heterocycles. The van der Waals surface area contributed by atoms with Crippen molar-refractivity contribution < 1.29 is 149 Å². The number of Topliss-reactive ketones (excluding diaryl/α,β-unsaturated/α-hetero) is 1. The summed E-state index contributed by atoms with van der Waals surface area (Å²) in [7, 11) is -10.4. The van der Waals surface area contributed by atoms with E-state index in [1.165, 1.54) is 115 Å². The van der Waals surface area contributed by atoms with Gasteiger partial charge in [-0.05, 0) is 76.6 Å². The number of ketones is 1. The summed E-state index contributed by atoms with van der Waals surface area (Å²) in [5, 5.41) is 20.0. The van der Waals surface area contributed by atoms with E-state index in [0.29, 0.717) is 37.7 Å². The van der Waals surface area contributed by atoms with Crippen LogP contribution in [0.25, 0.3) is 0 Å². The van der Waals surface area contributed by atoms with E-state index in [-0.39, 0.29) is 96.3 Å². The van der Waals surface area contributed by atoms with Crippen molar-refractivity contribution in [3.05, 3.63) is 41.0 Å². The molecule has 23 heteroatoms. The third-order valence-electron chi connectivity index (χ3n) is 15.3. The van der Waals surface area contributed by atoms with Crippen molar-refractivity contribution in [2.45, 2.75) is 330 Å². The quantitative estimate of drug-likeness (QED) is 0.0117. The van der Waals surface area contributed by atoms with Gasteiger partial charge in [0.1, 0.15) is 25.1 Å². The van der Waals surface area contributed by atoms with Crippen LogP contribution in [-0.4, -0.2) is 97.8 Å². The predicted octanol–water partition coefficient (Wildman–Crippen LogP) is 11.1. The van der Waals surface area contributed by atoms with Crippen LogP contribution in [0.5, 0.6) is 5.75 Å². The molecule has 1 aromatic rings. The van der Waals surface area contributed by atoms with E-state index in [9.17, 15) is 53.1 Å². The molecule has 0 amide bonds. The van der Waals surface area contributed by atoms with Crippen LogP contribution in [0, 0.1) is 0 Å². The zero-order valence-corrected chi connectivity index (χ0v) is 65.3. The molecule has 0 spiro atoms. The van der Waals surface area contributed by atoms with Crippen molar-refractivity contribution in [2.24, 2.45) is 0 Å². The maximum atomic E-state index is 12.8. The maximum absolute atomic E-state index is 12.8. The topological polar surface area (TPSA) is 280 Å². The number of esters is 4. The van der Waals surface area contributed by atoms with Gasteiger partial charge in [-0.25, -0.2) is 0 Å². The molecule has 4 unspecified atom stereocenters. The number of rotatable bonds is 61. The fraction of sp³-hybridized carbons (Fsp3) is 0.814. The molecule has 0 aliphatic rings. The monoisotopic (exact) mass is 1380 g/mol. The number of unbranched alkanes of at least 4 members (excludes halogenated alkanes) is 32. The van der Waals surface area contributed by atoms with Crippen molar-refractivity contribution >= 4 is 45.3 Å². The van der Waals surface area contributed by atoms with Gasteiger partial charge in [0.15, 0.2) is 18.0 Å². The van der Waals surface area contributed by atoms with E-state index < -0.39 is 97.5 Å². The second-order valence-electron chi connectivity index (χ2n) is 24.5. The van der Waals surface area contributed by atoms with Gasteiger partial charge in [0.25, 0.3) is 15.6 Å². The van der Waals surface area contributed by atoms with Gasteiger partial charge >= 0.3 is 83.0 Å². The summed E-state index contributed by atoms with van der Waals surface area (Å²) in [5.74, 6) is -1.97. The van der Waals surface area contributed by atoms with Crippen LogP contribution < -0.4 is 68.9 Å². The van der Waals surface area contributed by atoms with Gasteiger partial charge in [-0.1, -0.05) is 245 Å². The Hall–Kier alpha value is -1.51. The molecule has 0 radical (unpaired) electrons. The molecule has 0 aromatic heterocycles. The number of phosphoric ester groups is 2. The van der Waals surface area contributed by atoms with Gasteiger partial charge in [0.2, 0.25) is 0 Å². The van der Waals surface area contributed by atoms with E-state index in [1.54, 1.807) is 18.2 Å². The molecule has 2 N–H and O–H groups in total. The fourth-order valence-electron chi connectivity index (χ4n) is 9.67. The van der Waals surface area contributed by atoms with E-state index in [2.05, 4.69) is 27.7 Å². The first-order valence-corrected chi connectivity index (χ1v) is 38.1. The molecular formula is C70H124Na2O19P2. The van der Waals surface area contributed by atoms with Crippen molar-refractivity contribution in [3.63, 3.8) is 0 Å². The third kappa shape index (κ3) is 62.5. The molecule has 1 aromatic carbocycles. The number of hydrogen-bond donors (Lipinski definition) is 2. The first-order valence-electron chi connectivity index (χ1n) is 35.2. The van der Waals surface area contributed by atoms with Crippen molar-refractivity contribution in [3.8, 4) is 5.75 Å². The zero-order valence-electron chi connectivity index (χ0n) is 59.5. The van der Waals surface area contributed by atoms with Gasteiger partial charge in [-0.3, -0.25) is 33.1 Å². The van der Waals surface area contributed by atoms with E-state index in [0.717, 1.165) is 108 Å². The number of aliphatic hydroxyl groups excluding tert-OH is 1. The summed E-state index contributed by atoms with van der Waals surface area (Å²) >= 11 is 0. The van der Waals surface area contributed by atoms with Crippen LogP contribution in [-0.2, 0) is 71.8 Å². The number of aromatic hydroxyl groups is 1. The minimum Gasteiger partial charge on any atom is -0.756 e. The number of allylic oxidation sites excluding steroid dienone is 2. The third-order valence-corrected chi connectivity index (χ3v) is 17.2. The molecule has 0 aliphatic carbocycles. The largest absolute Gasteiger partial charge is 1.00 e. The Morgan fingerprint density at radius 2 is 0.710 bits per heavy atom. The van der Waals surface area contributed by atoms with Gasteiger partial charge in [0.05, 0.1) is 26.4 Å². The molecule has 1 rings (SSSR count). The zero-order chi connectivity index (χ0) is 67.6. The Morgan fingerprint density at radius 1 is 0.430 bits per heavy atom. The average molecular weight is 1380 g/mol. The van der Waals surface area contributed by atoms with Crippen LogP contribution in [0.15, 0.2) is 29.8 Å². The minimum atomic E-state index is -5.20. The Kier molecular flexibility index (Phi) is 67.0. The molecule has 0 saturated carbocycles. The van der Waals surface area contributed by atoms with Gasteiger partial charge in [-0.2, -0.15) is 0 Å². The van der Waals surface area contributed by atoms with Gasteiger partial charge < -0.3 is 57.0 Å². The molecule has 4 atom stereocenters. The second kappa shape index (κ2) is 65.1. The molecular weight excluding hydrogens is 1250 g/mol. The van der Waals surface area contributed by atoms with Crippen molar-refractivity contribution in [1.29, 1.82) is 0 Å². The SMILES string of the molecule is CC(=O)c1ccc(O)c(CC=C(C)C)c1.CCCCCCCCCCCC(=O)OCC(COP(=O)([O-])OCC(O)COP(=O)([O-])OCC(COC(=O)CCCCCCCCCCC)OC(=O)CCCCCCCCCCC)OC(=O)CCCCCCCCCCC.[Na+].[Na+]. The molecule has 0 saturated heterocycles. The van der Waals surface area contributed by atoms with E-state index in [4.69, 9.17) is 37.0 Å². The molecule has 0 fully saturated rings. The molecule has 19 nitrogen and oxygen atoms in total. The first-order chi connectivity index (χ1) is 43.7. The number of hydrogen-bond acceptors (Lipinski definition) is 19. The number of benzene rings is 1. The summed E-state index contributed by atoms with van der Waals surface area (Å²) in [4.78, 5) is 87.4. The standard InChI is InChI=1S/C57H110O17P2.C13H16O2.2Na/c1-5-9-13-17-21-25-29-33-37-41-54(59)67-47-52(73-56(61)43-39-35-31-27-23-19-15-11-7-3)49-71-75(63,64)69-45-51(58)46-70-76(65,66)72-50-53(74-57(62)44-40-36-32-28-24-20-16-12-8-4)48-68-55(60)42-38-34-30-26-22-18-14-10-6-2;1-9(2)4-5-12-8-11(10(3)14)6-7-13(12)15;;/h51-53,58H,5-50H2,1-4H3,(H,63,64)(H,65,66);4,6-8,15H,5H2,1-3H3;;/q;;2*+1/p-2. The molecule has 0 bridgehead atoms. The van der Waals surface area contributed by atoms with Crippen LogP contribution in [0.4, 0.5) is 0 Å². The number of phenols is 1. The maximum Gasteiger partial charge on any atom is 1.00 e. The van der Waals surface area contributed by atoms with Crippen LogP contribution in [0.3, 0.4) is 0 Å². The first kappa shape index (κ1) is 95.7. The van der Waals surface area contributed by atoms with Crippen LogP contribution in [0.1, 0.15) is 321 Å². The van der Waals surface area contributed by atoms with Gasteiger partial charge in [0, 0.05) is 31.2 Å². The smallest absolute Gasteiger partial charge is 0.756 e. The minimum absolute atomic E-state index is 0. The molecule has 530 valence electrons. The Labute approximate surface area is 606 Å². The summed E-state index contributed by atoms with van der Waals surface area (Å²) in [6.45, 7) is 9.90. The normalized spacial score (nSPS) is 13.3. The number of carbonyl (C=O) groups is 5. The Balaban J connectivity index is -0.00000414. The van der Waals surface area contributed by atoms with Crippen molar-refractivity contribution in [2.75, 3.05) is 39.6 Å². The predicted molar refractivity (Wildman–Crippen MR) is 355 cm³/mol. The average Bonchev–Trinajstić information content (AvgIpc) is 1.49. The second-order valence-corrected chi connectivity index (χ2v) is 27.3. The number of ether oxygens (including phenoxy) is 4. The summed E-state index contributed by atoms with van der Waals surface area (Å²) in [5.41, 5.74) is 2.64. The summed E-state index contributed by atoms with van der Waals surface area (Å²) < 4.78 is 66.7. The number of phenolic OH excluding ortho intramolecular Hbond substituents is 1. The van der Waals surface area contributed by atoms with Crippen LogP contribution >= 0.6 is 15.6 Å². The molecule has 0 heterocycles. The van der Waals surface area contributed by atoms with Crippen LogP contribution in [0.2, 0.25) is 0 Å². The Morgan fingerprint density at radius 3 is 1.00 bits per heavy atom. The summed E-state index contributed by atoms with van der Waals surface area (Å²) in [6.07, 6.45) is 36.9. The Bertz CT molecular complexity index is 2040. The number of aliphatic hydroxyl groups is 1. The van der Waals surface area contributed by atoms with Crippen molar-refractivity contribution in [1.82, 2.24) is 0 Å². The number of phosphoric acid groups is 2. The summed E-state index contributed by atoms with van der Waals surface area (Å²) in [6, 6.07) is 4.96. The van der Waals surface area contributed by atoms with E-state index in [1.807, 2.05) is 19.9 Å². The fourth-order valence-corrected chi connectivity index (χ4v) is 11.2. The molecule has 93 heavy (non-hydrogen) atoms. The van der Waals surface area contributed by atoms with E-state index >= 15 is 0 Å².